The second-order valence-corrected chi connectivity index (χ2v) is 33.4. The third kappa shape index (κ3) is 11.0. The molecule has 0 amide bonds. The SMILES string of the molecule is N#Cc1cc(-c2nc(-c3ccccc3)nc(-n3c4ccccc4c4ccccc43)n2)ccc1-n1c2ccccc2c2c3c(ccc21)oc1c3ccc2c1c1ccccc1n2-c1ccccc1.N#Cc1cc(-c2nc(-c3ccccc3)nc(-n3c4ccccc4c4ccccc43)n2)ccc1-n1c2ccccc2c2c3c(ccc21)oc1c3ccc2c3ccccc3n(-c3ccccc3)c21. The molecule has 0 saturated heterocycles. The number of rotatable bonds is 10. The number of fused-ring (bicyclic) bond motifs is 28. The summed E-state index contributed by atoms with van der Waals surface area (Å²) in [6.45, 7) is 0. The standard InChI is InChI=1S/2C58H33N7O/c59-34-37-33-36(57-60-56(35-15-3-1-4-16-35)61-58(62-57)65-47-24-12-7-19-39(47)40-20-8-13-25-48(40)65)27-30-45(37)64-49-26-14-10-22-43(49)52-50(64)31-32-51-53(52)44-29-28-42-41-21-9-11-23-46(41)63(54(42)55(44)66-51)38-17-5-2-6-18-38;59-34-37-33-36(57-60-56(35-15-3-1-4-16-35)61-58(62-57)65-45-23-11-7-19-39(45)40-20-8-12-24-46(40)65)27-29-44(37)64-48-26-14-9-21-41(48)52-49(64)31-32-51-54(52)43-28-30-50-53(55(43)66-51)42-22-10-13-25-47(42)63(50)38-17-5-2-6-18-38/h2*1-33H. The van der Waals surface area contributed by atoms with Crippen molar-refractivity contribution >= 4 is 175 Å². The van der Waals surface area contributed by atoms with Crippen LogP contribution in [-0.4, -0.2) is 57.3 Å². The van der Waals surface area contributed by atoms with Gasteiger partial charge in [0.05, 0.1) is 94.1 Å². The number of aromatic nitrogens is 12. The van der Waals surface area contributed by atoms with Crippen molar-refractivity contribution in [1.29, 1.82) is 10.5 Å². The number of hydrogen-bond acceptors (Lipinski definition) is 10. The molecule has 0 atom stereocenters. The van der Waals surface area contributed by atoms with Gasteiger partial charge in [-0.15, -0.1) is 0 Å². The molecule has 0 aliphatic carbocycles. The first-order valence-corrected chi connectivity index (χ1v) is 43.9. The molecule has 0 saturated carbocycles. The van der Waals surface area contributed by atoms with E-state index < -0.39 is 0 Å². The molecule has 0 unspecified atom stereocenters. The van der Waals surface area contributed by atoms with Gasteiger partial charge in [0.25, 0.3) is 0 Å². The molecule has 28 aromatic rings. The van der Waals surface area contributed by atoms with Crippen molar-refractivity contribution < 1.29 is 8.83 Å². The van der Waals surface area contributed by atoms with Crippen LogP contribution in [0.1, 0.15) is 11.1 Å². The normalized spacial score (nSPS) is 11.9. The number of para-hydroxylation sites is 10. The Hall–Kier alpha value is -18.6. The van der Waals surface area contributed by atoms with Crippen LogP contribution in [0, 0.1) is 22.7 Å². The molecule has 0 aliphatic heterocycles. The second-order valence-electron chi connectivity index (χ2n) is 33.4. The zero-order chi connectivity index (χ0) is 86.9. The van der Waals surface area contributed by atoms with Crippen LogP contribution >= 0.6 is 0 Å². The lowest BCUT2D eigenvalue weighted by Crippen LogP contribution is -2.06. The van der Waals surface area contributed by atoms with Crippen molar-refractivity contribution in [1.82, 2.24) is 57.3 Å². The van der Waals surface area contributed by atoms with Gasteiger partial charge < -0.3 is 27.1 Å². The fraction of sp³-hybridized carbons (Fsp3) is 0. The van der Waals surface area contributed by atoms with Gasteiger partial charge in [-0.3, -0.25) is 9.13 Å². The van der Waals surface area contributed by atoms with E-state index in [4.69, 9.17) is 38.7 Å². The molecule has 28 rings (SSSR count). The minimum absolute atomic E-state index is 0.469. The van der Waals surface area contributed by atoms with Gasteiger partial charge >= 0.3 is 0 Å². The van der Waals surface area contributed by atoms with E-state index in [1.165, 1.54) is 5.39 Å². The van der Waals surface area contributed by atoms with Gasteiger partial charge in [0, 0.05) is 114 Å². The van der Waals surface area contributed by atoms with Crippen LogP contribution in [0.15, 0.2) is 409 Å². The van der Waals surface area contributed by atoms with Gasteiger partial charge in [0.15, 0.2) is 28.9 Å². The number of nitriles is 2. The molecule has 10 heterocycles. The molecule has 132 heavy (non-hydrogen) atoms. The molecule has 0 radical (unpaired) electrons. The fourth-order valence-electron chi connectivity index (χ4n) is 20.7. The Kier molecular flexibility index (Phi) is 16.2. The van der Waals surface area contributed by atoms with Crippen LogP contribution in [0.2, 0.25) is 0 Å². The van der Waals surface area contributed by atoms with E-state index in [1.807, 2.05) is 133 Å². The van der Waals surface area contributed by atoms with Gasteiger partial charge in [0.2, 0.25) is 11.9 Å². The minimum atomic E-state index is 0.469. The highest BCUT2D eigenvalue weighted by Crippen LogP contribution is 2.50. The molecule has 0 N–H and O–H groups in total. The number of hydrogen-bond donors (Lipinski definition) is 0. The number of furan rings is 2. The van der Waals surface area contributed by atoms with Crippen LogP contribution in [0.3, 0.4) is 0 Å². The molecule has 18 aromatic carbocycles. The first kappa shape index (κ1) is 73.7. The third-order valence-corrected chi connectivity index (χ3v) is 26.3. The van der Waals surface area contributed by atoms with Crippen LogP contribution in [0.5, 0.6) is 0 Å². The summed E-state index contributed by atoms with van der Waals surface area (Å²) in [4.78, 5) is 30.7. The lowest BCUT2D eigenvalue weighted by atomic mass is 10.0. The monoisotopic (exact) mass is 1690 g/mol. The highest BCUT2D eigenvalue weighted by molar-refractivity contribution is 6.33. The Morgan fingerprint density at radius 1 is 0.205 bits per heavy atom. The molecule has 10 aromatic heterocycles. The van der Waals surface area contributed by atoms with Crippen LogP contribution in [0.4, 0.5) is 0 Å². The molecule has 16 heteroatoms. The largest absolute Gasteiger partial charge is 0.455 e. The number of nitrogens with zero attached hydrogens (tertiary/aromatic N) is 14. The van der Waals surface area contributed by atoms with Crippen molar-refractivity contribution in [3.05, 3.63) is 412 Å². The summed E-state index contributed by atoms with van der Waals surface area (Å²) >= 11 is 0. The first-order valence-electron chi connectivity index (χ1n) is 43.9. The van der Waals surface area contributed by atoms with E-state index in [2.05, 4.69) is 306 Å². The third-order valence-electron chi connectivity index (χ3n) is 26.3. The van der Waals surface area contributed by atoms with Crippen LogP contribution < -0.4 is 0 Å². The summed E-state index contributed by atoms with van der Waals surface area (Å²) in [5.74, 6) is 3.02. The van der Waals surface area contributed by atoms with Crippen molar-refractivity contribution in [2.24, 2.45) is 0 Å². The molecular formula is C116H66N14O2. The second kappa shape index (κ2) is 29.0. The first-order chi connectivity index (χ1) is 65.4. The van der Waals surface area contributed by atoms with E-state index in [0.29, 0.717) is 57.4 Å². The van der Waals surface area contributed by atoms with E-state index in [1.54, 1.807) is 0 Å². The van der Waals surface area contributed by atoms with E-state index in [-0.39, 0.29) is 0 Å². The molecule has 16 nitrogen and oxygen atoms in total. The highest BCUT2D eigenvalue weighted by Gasteiger charge is 2.29. The highest BCUT2D eigenvalue weighted by atomic mass is 16.3. The van der Waals surface area contributed by atoms with E-state index in [9.17, 15) is 10.5 Å². The predicted molar refractivity (Wildman–Crippen MR) is 531 cm³/mol. The van der Waals surface area contributed by atoms with Gasteiger partial charge in [-0.05, 0) is 152 Å². The molecule has 612 valence electrons. The Balaban J connectivity index is 0.000000135. The van der Waals surface area contributed by atoms with Crippen LogP contribution in [-0.2, 0) is 0 Å². The Bertz CT molecular complexity index is 9730. The van der Waals surface area contributed by atoms with Crippen molar-refractivity contribution in [2.75, 3.05) is 0 Å². The fourth-order valence-corrected chi connectivity index (χ4v) is 20.7. The molecule has 0 aliphatic rings. The minimum Gasteiger partial charge on any atom is -0.455 e. The summed E-state index contributed by atoms with van der Waals surface area (Å²) in [6.07, 6.45) is 0. The van der Waals surface area contributed by atoms with E-state index >= 15 is 0 Å². The van der Waals surface area contributed by atoms with E-state index in [0.717, 1.165) is 203 Å². The lowest BCUT2D eigenvalue weighted by molar-refractivity contribution is 0.671. The molecule has 0 bridgehead atoms. The van der Waals surface area contributed by atoms with Gasteiger partial charge in [-0.2, -0.15) is 30.5 Å². The predicted octanol–water partition coefficient (Wildman–Crippen LogP) is 28.5. The summed E-state index contributed by atoms with van der Waals surface area (Å²) in [5.41, 5.74) is 23.4. The topological polar surface area (TPSA) is 181 Å². The molecule has 0 spiro atoms. The smallest absolute Gasteiger partial charge is 0.238 e. The van der Waals surface area contributed by atoms with Gasteiger partial charge in [0.1, 0.15) is 28.9 Å². The summed E-state index contributed by atoms with van der Waals surface area (Å²) in [5, 5.41) is 39.5. The molecular weight excluding hydrogens is 1620 g/mol. The van der Waals surface area contributed by atoms with Gasteiger partial charge in [-0.1, -0.05) is 249 Å². The van der Waals surface area contributed by atoms with Crippen molar-refractivity contribution in [3.63, 3.8) is 0 Å². The summed E-state index contributed by atoms with van der Waals surface area (Å²) in [6, 6.07) is 142. The summed E-state index contributed by atoms with van der Waals surface area (Å²) < 4.78 is 27.1. The average molecular weight is 1690 g/mol. The summed E-state index contributed by atoms with van der Waals surface area (Å²) in [7, 11) is 0. The average Bonchev–Trinajstić information content (AvgIpc) is 1.54. The zero-order valence-corrected chi connectivity index (χ0v) is 70.2. The lowest BCUT2D eigenvalue weighted by Gasteiger charge is -2.13. The Labute approximate surface area is 750 Å². The maximum absolute atomic E-state index is 11.0. The molecule has 0 fully saturated rings. The van der Waals surface area contributed by atoms with Crippen LogP contribution in [0.25, 0.3) is 255 Å². The Morgan fingerprint density at radius 2 is 0.508 bits per heavy atom. The number of benzene rings is 18. The maximum atomic E-state index is 11.0. The van der Waals surface area contributed by atoms with Crippen molar-refractivity contribution in [2.45, 2.75) is 0 Å². The van der Waals surface area contributed by atoms with Crippen molar-refractivity contribution in [3.8, 4) is 92.3 Å². The maximum Gasteiger partial charge on any atom is 0.238 e. The van der Waals surface area contributed by atoms with Gasteiger partial charge in [-0.25, -0.2) is 9.97 Å². The quantitative estimate of drug-likeness (QED) is 0.128. The zero-order valence-electron chi connectivity index (χ0n) is 70.2. The Morgan fingerprint density at radius 3 is 0.932 bits per heavy atom.